The van der Waals surface area contributed by atoms with Gasteiger partial charge in [-0.3, -0.25) is 9.69 Å². The molecule has 57 heavy (non-hydrogen) atoms. The van der Waals surface area contributed by atoms with Gasteiger partial charge in [-0.2, -0.15) is 5.26 Å². The molecular weight excluding hydrogens is 734 g/mol. The second-order valence-corrected chi connectivity index (χ2v) is 16.5. The molecule has 1 amide bonds. The maximum atomic E-state index is 11.7. The van der Waals surface area contributed by atoms with E-state index < -0.39 is 0 Å². The van der Waals surface area contributed by atoms with Crippen molar-refractivity contribution in [1.29, 1.82) is 5.26 Å². The average molecular weight is 786 g/mol. The van der Waals surface area contributed by atoms with Crippen LogP contribution in [0.15, 0.2) is 66.7 Å². The summed E-state index contributed by atoms with van der Waals surface area (Å²) in [4.78, 5) is 17.9. The molecule has 0 bridgehead atoms. The monoisotopic (exact) mass is 785 g/mol. The fraction of sp³-hybridized carbons (Fsp3) is 0.426. The van der Waals surface area contributed by atoms with Crippen LogP contribution in [0, 0.1) is 24.8 Å². The van der Waals surface area contributed by atoms with E-state index in [-0.39, 0.29) is 30.2 Å². The Morgan fingerprint density at radius 3 is 2.65 bits per heavy atom. The van der Waals surface area contributed by atoms with Gasteiger partial charge in [-0.05, 0) is 130 Å². The molecule has 0 saturated carbocycles. The van der Waals surface area contributed by atoms with E-state index in [1.165, 1.54) is 42.5 Å². The van der Waals surface area contributed by atoms with Gasteiger partial charge < -0.3 is 24.8 Å². The molecule has 1 aliphatic carbocycles. The van der Waals surface area contributed by atoms with Crippen molar-refractivity contribution in [3.05, 3.63) is 117 Å². The number of hydrogen-bond donors (Lipinski definition) is 2. The zero-order chi connectivity index (χ0) is 39.9. The number of carbonyl (C=O) groups excluding carboxylic acids is 1. The number of nitrogens with zero attached hydrogens (tertiary/aromatic N) is 3. The Morgan fingerprint density at radius 1 is 1.02 bits per heavy atom. The molecule has 0 unspecified atom stereocenters. The van der Waals surface area contributed by atoms with Crippen molar-refractivity contribution in [2.75, 3.05) is 26.2 Å². The molecule has 2 N–H and O–H groups in total. The summed E-state index contributed by atoms with van der Waals surface area (Å²) in [6.45, 7) is 18.4. The fourth-order valence-electron chi connectivity index (χ4n) is 8.53. The summed E-state index contributed by atoms with van der Waals surface area (Å²) in [7, 11) is 0. The lowest BCUT2D eigenvalue weighted by molar-refractivity contribution is -0.122. The van der Waals surface area contributed by atoms with Gasteiger partial charge in [-0.25, -0.2) is 4.85 Å². The number of amides is 1. The average Bonchev–Trinajstić information content (AvgIpc) is 3.63. The van der Waals surface area contributed by atoms with Crippen LogP contribution in [0.1, 0.15) is 98.3 Å². The lowest BCUT2D eigenvalue weighted by Gasteiger charge is -2.42. The van der Waals surface area contributed by atoms with Crippen molar-refractivity contribution in [3.63, 3.8) is 0 Å². The summed E-state index contributed by atoms with van der Waals surface area (Å²) in [5.41, 5.74) is 8.55. The van der Waals surface area contributed by atoms with E-state index in [9.17, 15) is 10.1 Å². The first kappa shape index (κ1) is 40.1. The molecule has 4 aromatic carbocycles. The smallest absolute Gasteiger partial charge is 0.220 e. The second kappa shape index (κ2) is 18.0. The molecule has 0 radical (unpaired) electrons. The van der Waals surface area contributed by atoms with Crippen LogP contribution in [0.2, 0.25) is 5.02 Å². The summed E-state index contributed by atoms with van der Waals surface area (Å²) in [5.74, 6) is 2.11. The summed E-state index contributed by atoms with van der Waals surface area (Å²) < 4.78 is 19.6. The highest BCUT2D eigenvalue weighted by atomic mass is 35.5. The van der Waals surface area contributed by atoms with Gasteiger partial charge in [0, 0.05) is 54.8 Å². The highest BCUT2D eigenvalue weighted by Gasteiger charge is 2.30. The molecule has 2 atom stereocenters. The highest BCUT2D eigenvalue weighted by molar-refractivity contribution is 6.32. The number of fused-ring (bicyclic) bond motifs is 1. The summed E-state index contributed by atoms with van der Waals surface area (Å²) in [5, 5.41) is 16.5. The topological polar surface area (TPSA) is 100 Å². The maximum absolute atomic E-state index is 11.7. The minimum absolute atomic E-state index is 0.0662. The van der Waals surface area contributed by atoms with E-state index in [0.29, 0.717) is 53.9 Å². The fourth-order valence-corrected chi connectivity index (χ4v) is 8.76. The minimum Gasteiger partial charge on any atom is -0.493 e. The van der Waals surface area contributed by atoms with Gasteiger partial charge in [-0.15, -0.1) is 0 Å². The van der Waals surface area contributed by atoms with Crippen molar-refractivity contribution < 1.29 is 19.0 Å². The Hall–Kier alpha value is -5.06. The van der Waals surface area contributed by atoms with Crippen LogP contribution in [0.25, 0.3) is 16.0 Å². The number of nitrogens with one attached hydrogen (secondary N) is 2. The summed E-state index contributed by atoms with van der Waals surface area (Å²) in [6.07, 6.45) is 7.54. The van der Waals surface area contributed by atoms with Gasteiger partial charge in [0.15, 0.2) is 5.69 Å². The molecule has 3 aliphatic rings. The van der Waals surface area contributed by atoms with Gasteiger partial charge >= 0.3 is 0 Å². The predicted octanol–water partition coefficient (Wildman–Crippen LogP) is 9.78. The molecule has 2 fully saturated rings. The Balaban J connectivity index is 1.08. The number of piperidine rings is 2. The number of nitriles is 1. The normalized spacial score (nSPS) is 18.9. The van der Waals surface area contributed by atoms with Crippen molar-refractivity contribution in [1.82, 2.24) is 15.5 Å². The van der Waals surface area contributed by atoms with Gasteiger partial charge in [-0.1, -0.05) is 48.4 Å². The lowest BCUT2D eigenvalue weighted by Crippen LogP contribution is -2.47. The quantitative estimate of drug-likeness (QED) is 0.0970. The highest BCUT2D eigenvalue weighted by Crippen LogP contribution is 2.44. The number of likely N-dealkylation sites (tertiary alicyclic amines) is 1. The zero-order valence-corrected chi connectivity index (χ0v) is 34.0. The second-order valence-electron chi connectivity index (χ2n) is 16.1. The lowest BCUT2D eigenvalue weighted by atomic mass is 9.90. The van der Waals surface area contributed by atoms with Crippen LogP contribution in [-0.2, 0) is 24.4 Å². The largest absolute Gasteiger partial charge is 0.493 e. The number of ether oxygens (including phenoxy) is 3. The summed E-state index contributed by atoms with van der Waals surface area (Å²) >= 11 is 6.97. The minimum atomic E-state index is -0.201. The predicted molar refractivity (Wildman–Crippen MR) is 224 cm³/mol. The van der Waals surface area contributed by atoms with Gasteiger partial charge in [0.25, 0.3) is 0 Å². The van der Waals surface area contributed by atoms with Gasteiger partial charge in [0.2, 0.25) is 5.91 Å². The first-order valence-electron chi connectivity index (χ1n) is 20.2. The van der Waals surface area contributed by atoms with E-state index in [1.807, 2.05) is 12.1 Å². The van der Waals surface area contributed by atoms with Crippen molar-refractivity contribution in [2.24, 2.45) is 0 Å². The van der Waals surface area contributed by atoms with E-state index in [2.05, 4.69) is 83.6 Å². The molecule has 2 saturated heterocycles. The van der Waals surface area contributed by atoms with Crippen molar-refractivity contribution in [2.45, 2.75) is 103 Å². The van der Waals surface area contributed by atoms with Crippen LogP contribution in [-0.4, -0.2) is 48.6 Å². The Kier molecular flexibility index (Phi) is 12.7. The number of carbonyl (C=O) groups is 1. The molecule has 2 heterocycles. The van der Waals surface area contributed by atoms with E-state index >= 15 is 0 Å². The zero-order valence-electron chi connectivity index (χ0n) is 33.3. The van der Waals surface area contributed by atoms with Crippen LogP contribution >= 0.6 is 11.6 Å². The molecular formula is C47H52ClN5O4. The number of hydrogen-bond acceptors (Lipinski definition) is 7. The maximum Gasteiger partial charge on any atom is 0.220 e. The molecule has 9 nitrogen and oxygen atoms in total. The molecule has 7 rings (SSSR count). The van der Waals surface area contributed by atoms with Crippen molar-refractivity contribution in [3.8, 4) is 34.4 Å². The van der Waals surface area contributed by atoms with E-state index in [4.69, 9.17) is 32.4 Å². The number of rotatable bonds is 14. The molecule has 0 aromatic heterocycles. The first-order valence-corrected chi connectivity index (χ1v) is 20.6. The molecule has 296 valence electrons. The molecule has 2 aliphatic heterocycles. The van der Waals surface area contributed by atoms with Crippen LogP contribution in [0.3, 0.4) is 0 Å². The Morgan fingerprint density at radius 2 is 1.86 bits per heavy atom. The van der Waals surface area contributed by atoms with Crippen LogP contribution in [0.4, 0.5) is 5.69 Å². The standard InChI is InChI=1S/C47H52ClN5O4/c1-31-37(10-8-13-42(31)55-21-9-20-53-19-6-5-18-47(53,2)3)38-11-7-12-40-39(38)15-16-43(40)57-45-26-44(56-30-33-22-32(27-49)23-36(24-33)50-4)34(25-41(45)48)28-51-35-14-17-46(54)52-29-35/h7-8,10-13,22-26,35,43,51H,5-6,9,14-21,28-30H2,1-3H3,(H,52,54)/t35-,43-/m0/s1. The number of benzene rings is 4. The van der Waals surface area contributed by atoms with Gasteiger partial charge in [0.05, 0.1) is 24.3 Å². The summed E-state index contributed by atoms with van der Waals surface area (Å²) in [6, 6.07) is 23.8. The first-order chi connectivity index (χ1) is 27.6. The third kappa shape index (κ3) is 9.57. The van der Waals surface area contributed by atoms with E-state index in [1.54, 1.807) is 18.2 Å². The third-order valence-electron chi connectivity index (χ3n) is 11.8. The van der Waals surface area contributed by atoms with Crippen LogP contribution < -0.4 is 24.8 Å². The van der Waals surface area contributed by atoms with E-state index in [0.717, 1.165) is 60.2 Å². The molecule has 0 spiro atoms. The Bertz CT molecular complexity index is 2150. The molecule has 10 heteroatoms. The van der Waals surface area contributed by atoms with Crippen molar-refractivity contribution >= 4 is 23.2 Å². The SMILES string of the molecule is [C-]#[N+]c1cc(C#N)cc(COc2cc(O[C@H]3CCc4c(-c5cccc(OCCCN6CCCCC6(C)C)c5C)cccc43)c(Cl)cc2CN[C@H]2CCC(=O)NC2)c1. The Labute approximate surface area is 342 Å². The third-order valence-corrected chi connectivity index (χ3v) is 12.1. The van der Waals surface area contributed by atoms with Crippen LogP contribution in [0.5, 0.6) is 17.2 Å². The molecule has 4 aromatic rings. The number of halogens is 1. The van der Waals surface area contributed by atoms with Gasteiger partial charge in [0.1, 0.15) is 30.0 Å².